The maximum Gasteiger partial charge on any atom is 0.418 e. The van der Waals surface area contributed by atoms with Crippen LogP contribution in [0.5, 0.6) is 0 Å². The molecule has 0 bridgehead atoms. The monoisotopic (exact) mass is 451 g/mol. The third-order valence-electron chi connectivity index (χ3n) is 4.88. The minimum Gasteiger partial charge on any atom is -0.444 e. The summed E-state index contributed by atoms with van der Waals surface area (Å²) in [7, 11) is -4.17. The molecule has 1 aliphatic heterocycles. The Morgan fingerprint density at radius 2 is 1.80 bits per heavy atom. The van der Waals surface area contributed by atoms with Gasteiger partial charge in [-0.25, -0.2) is 17.9 Å². The zero-order chi connectivity index (χ0) is 22.9. The average molecular weight is 452 g/mol. The van der Waals surface area contributed by atoms with Crippen LogP contribution in [0.15, 0.2) is 23.1 Å². The van der Waals surface area contributed by atoms with Crippen molar-refractivity contribution in [2.24, 2.45) is 5.92 Å². The van der Waals surface area contributed by atoms with Crippen molar-refractivity contribution in [3.63, 3.8) is 0 Å². The molecule has 0 spiro atoms. The van der Waals surface area contributed by atoms with Gasteiger partial charge in [-0.1, -0.05) is 0 Å². The van der Waals surface area contributed by atoms with E-state index in [0.717, 1.165) is 12.1 Å². The number of hydrogen-bond acceptors (Lipinski definition) is 5. The zero-order valence-corrected chi connectivity index (χ0v) is 18.2. The maximum atomic E-state index is 13.0. The Labute approximate surface area is 174 Å². The van der Waals surface area contributed by atoms with Crippen LogP contribution in [0, 0.1) is 5.92 Å². The van der Waals surface area contributed by atoms with Gasteiger partial charge in [-0.05, 0) is 64.7 Å². The standard InChI is InChI=1S/C19H28F3N3O4S/c1-12(13-7-9-25(10-8-13)17(26)29-18(2,3)4)24-30(27,28)14-5-6-16(23)15(11-14)19(20,21)22/h5-6,11-13,24H,7-10,23H2,1-4H3/t12-/m1/s1. The molecule has 1 aromatic carbocycles. The third-order valence-corrected chi connectivity index (χ3v) is 6.44. The second kappa shape index (κ2) is 8.62. The fourth-order valence-electron chi connectivity index (χ4n) is 3.27. The first-order valence-corrected chi connectivity index (χ1v) is 11.1. The molecule has 7 nitrogen and oxygen atoms in total. The van der Waals surface area contributed by atoms with Crippen LogP contribution in [0.4, 0.5) is 23.7 Å². The number of carbonyl (C=O) groups excluding carboxylic acids is 1. The summed E-state index contributed by atoms with van der Waals surface area (Å²) in [4.78, 5) is 13.2. The van der Waals surface area contributed by atoms with E-state index in [4.69, 9.17) is 10.5 Å². The number of nitrogens with two attached hydrogens (primary N) is 1. The number of nitrogen functional groups attached to an aromatic ring is 1. The van der Waals surface area contributed by atoms with E-state index in [1.54, 1.807) is 32.6 Å². The summed E-state index contributed by atoms with van der Waals surface area (Å²) in [5.41, 5.74) is 3.00. The van der Waals surface area contributed by atoms with Gasteiger partial charge in [0.2, 0.25) is 10.0 Å². The van der Waals surface area contributed by atoms with Gasteiger partial charge >= 0.3 is 12.3 Å². The van der Waals surface area contributed by atoms with E-state index >= 15 is 0 Å². The van der Waals surface area contributed by atoms with Gasteiger partial charge in [0.05, 0.1) is 10.5 Å². The van der Waals surface area contributed by atoms with Crippen molar-refractivity contribution >= 4 is 21.8 Å². The van der Waals surface area contributed by atoms with Gasteiger partial charge < -0.3 is 15.4 Å². The molecule has 11 heteroatoms. The number of piperidine rings is 1. The molecular formula is C19H28F3N3O4S. The van der Waals surface area contributed by atoms with Crippen LogP contribution in [0.1, 0.15) is 46.1 Å². The van der Waals surface area contributed by atoms with Crippen LogP contribution in [0.2, 0.25) is 0 Å². The summed E-state index contributed by atoms with van der Waals surface area (Å²) in [5.74, 6) is -0.0747. The van der Waals surface area contributed by atoms with E-state index in [1.165, 1.54) is 0 Å². The van der Waals surface area contributed by atoms with Gasteiger partial charge in [-0.3, -0.25) is 0 Å². The Bertz CT molecular complexity index is 874. The Morgan fingerprint density at radius 3 is 2.30 bits per heavy atom. The van der Waals surface area contributed by atoms with Crippen LogP contribution in [-0.2, 0) is 20.9 Å². The fraction of sp³-hybridized carbons (Fsp3) is 0.632. The summed E-state index contributed by atoms with van der Waals surface area (Å²) < 4.78 is 72.1. The summed E-state index contributed by atoms with van der Waals surface area (Å²) in [5, 5.41) is 0. The fourth-order valence-corrected chi connectivity index (χ4v) is 4.60. The molecular weight excluding hydrogens is 423 g/mol. The van der Waals surface area contributed by atoms with Gasteiger partial charge in [0.1, 0.15) is 5.60 Å². The number of carbonyl (C=O) groups is 1. The first-order chi connectivity index (χ1) is 13.6. The van der Waals surface area contributed by atoms with Crippen molar-refractivity contribution in [2.75, 3.05) is 18.8 Å². The van der Waals surface area contributed by atoms with Gasteiger partial charge in [0.25, 0.3) is 0 Å². The molecule has 1 saturated heterocycles. The van der Waals surface area contributed by atoms with Crippen molar-refractivity contribution < 1.29 is 31.1 Å². The topological polar surface area (TPSA) is 102 Å². The molecule has 1 aromatic rings. The number of halogens is 3. The molecule has 0 aliphatic carbocycles. The number of nitrogens with one attached hydrogen (secondary N) is 1. The first kappa shape index (κ1) is 24.3. The lowest BCUT2D eigenvalue weighted by Gasteiger charge is -2.35. The smallest absolute Gasteiger partial charge is 0.418 e. The summed E-state index contributed by atoms with van der Waals surface area (Å²) in [6.07, 6.45) is -4.09. The van der Waals surface area contributed by atoms with E-state index in [0.29, 0.717) is 32.0 Å². The molecule has 0 saturated carbocycles. The second-order valence-electron chi connectivity index (χ2n) is 8.46. The summed E-state index contributed by atoms with van der Waals surface area (Å²) in [6.45, 7) is 7.80. The maximum absolute atomic E-state index is 13.0. The molecule has 0 aromatic heterocycles. The molecule has 0 radical (unpaired) electrons. The van der Waals surface area contributed by atoms with Crippen molar-refractivity contribution in [3.8, 4) is 0 Å². The molecule has 1 aliphatic rings. The van der Waals surface area contributed by atoms with Crippen LogP contribution < -0.4 is 10.5 Å². The van der Waals surface area contributed by atoms with Crippen molar-refractivity contribution in [2.45, 2.75) is 63.3 Å². The lowest BCUT2D eigenvalue weighted by molar-refractivity contribution is -0.137. The lowest BCUT2D eigenvalue weighted by atomic mass is 9.91. The predicted molar refractivity (Wildman–Crippen MR) is 106 cm³/mol. The van der Waals surface area contributed by atoms with Crippen molar-refractivity contribution in [1.29, 1.82) is 0 Å². The second-order valence-corrected chi connectivity index (χ2v) is 10.2. The van der Waals surface area contributed by atoms with Gasteiger partial charge in [0.15, 0.2) is 0 Å². The quantitative estimate of drug-likeness (QED) is 0.681. The van der Waals surface area contributed by atoms with Crippen LogP contribution >= 0.6 is 0 Å². The lowest BCUT2D eigenvalue weighted by Crippen LogP contribution is -2.46. The van der Waals surface area contributed by atoms with E-state index in [2.05, 4.69) is 4.72 Å². The van der Waals surface area contributed by atoms with Gasteiger partial charge in [0, 0.05) is 24.8 Å². The summed E-state index contributed by atoms with van der Waals surface area (Å²) >= 11 is 0. The molecule has 3 N–H and O–H groups in total. The molecule has 1 heterocycles. The van der Waals surface area contributed by atoms with E-state index in [-0.39, 0.29) is 5.92 Å². The minimum atomic E-state index is -4.75. The van der Waals surface area contributed by atoms with Crippen LogP contribution in [-0.4, -0.2) is 44.1 Å². The van der Waals surface area contributed by atoms with Crippen LogP contribution in [0.25, 0.3) is 0 Å². The number of rotatable bonds is 4. The van der Waals surface area contributed by atoms with Crippen molar-refractivity contribution in [3.05, 3.63) is 23.8 Å². The highest BCUT2D eigenvalue weighted by Crippen LogP contribution is 2.35. The number of anilines is 1. The largest absolute Gasteiger partial charge is 0.444 e. The first-order valence-electron chi connectivity index (χ1n) is 9.57. The Hall–Kier alpha value is -2.01. The number of likely N-dealkylation sites (tertiary alicyclic amines) is 1. The average Bonchev–Trinajstić information content (AvgIpc) is 2.59. The van der Waals surface area contributed by atoms with Crippen LogP contribution in [0.3, 0.4) is 0 Å². The number of hydrogen-bond donors (Lipinski definition) is 2. The number of nitrogens with zero attached hydrogens (tertiary/aromatic N) is 1. The highest BCUT2D eigenvalue weighted by atomic mass is 32.2. The predicted octanol–water partition coefficient (Wildman–Crippen LogP) is 3.60. The number of amides is 1. The molecule has 1 atom stereocenters. The highest BCUT2D eigenvalue weighted by molar-refractivity contribution is 7.89. The molecule has 1 fully saturated rings. The van der Waals surface area contributed by atoms with Gasteiger partial charge in [-0.2, -0.15) is 13.2 Å². The summed E-state index contributed by atoms with van der Waals surface area (Å²) in [6, 6.07) is 1.99. The molecule has 170 valence electrons. The number of alkyl halides is 3. The number of sulfonamides is 1. The number of ether oxygens (including phenoxy) is 1. The minimum absolute atomic E-state index is 0.0747. The van der Waals surface area contributed by atoms with Crippen molar-refractivity contribution in [1.82, 2.24) is 9.62 Å². The van der Waals surface area contributed by atoms with Gasteiger partial charge in [-0.15, -0.1) is 0 Å². The number of benzene rings is 1. The molecule has 2 rings (SSSR count). The zero-order valence-electron chi connectivity index (χ0n) is 17.4. The van der Waals surface area contributed by atoms with E-state index in [9.17, 15) is 26.4 Å². The highest BCUT2D eigenvalue weighted by Gasteiger charge is 2.35. The normalized spacial score (nSPS) is 17.6. The molecule has 1 amide bonds. The molecule has 0 unspecified atom stereocenters. The van der Waals surface area contributed by atoms with E-state index < -0.39 is 50.1 Å². The Morgan fingerprint density at radius 1 is 1.23 bits per heavy atom. The Kier molecular flexibility index (Phi) is 6.97. The molecule has 30 heavy (non-hydrogen) atoms. The third kappa shape index (κ3) is 6.24. The van der Waals surface area contributed by atoms with E-state index in [1.807, 2.05) is 0 Å². The SMILES string of the molecule is C[C@@H](NS(=O)(=O)c1ccc(N)c(C(F)(F)F)c1)C1CCN(C(=O)OC(C)(C)C)CC1. The Balaban J connectivity index is 2.03.